The Labute approximate surface area is 162 Å². The summed E-state index contributed by atoms with van der Waals surface area (Å²) in [6.07, 6.45) is 1.56. The van der Waals surface area contributed by atoms with Crippen LogP contribution in [0, 0.1) is 11.6 Å². The fraction of sp³-hybridized carbons (Fsp3) is 0.190. The van der Waals surface area contributed by atoms with Gasteiger partial charge in [0.25, 0.3) is 0 Å². The maximum Gasteiger partial charge on any atom is 0.319 e. The van der Waals surface area contributed by atoms with Crippen molar-refractivity contribution in [1.29, 1.82) is 0 Å². The van der Waals surface area contributed by atoms with Gasteiger partial charge in [0.1, 0.15) is 17.4 Å². The third-order valence-corrected chi connectivity index (χ3v) is 4.33. The second-order valence-corrected chi connectivity index (χ2v) is 6.51. The van der Waals surface area contributed by atoms with E-state index in [0.29, 0.717) is 11.3 Å². The molecule has 146 valence electrons. The molecule has 0 radical (unpaired) electrons. The predicted molar refractivity (Wildman–Crippen MR) is 104 cm³/mol. The summed E-state index contributed by atoms with van der Waals surface area (Å²) in [6.45, 7) is 0.246. The highest BCUT2D eigenvalue weighted by molar-refractivity contribution is 5.94. The van der Waals surface area contributed by atoms with E-state index in [9.17, 15) is 13.6 Å². The molecule has 2 aromatic carbocycles. The standard InChI is InChI=1S/C21H21F2N3O2/c1-26(2)18(19-9-6-10-28-19)13-24-21(27)25-20-16(11-15(22)12-17(20)23)14-7-4-3-5-8-14/h3-12,18H,13H2,1-2H3,(H2,24,25,27)/t18-/m0/s1. The smallest absolute Gasteiger partial charge is 0.319 e. The molecule has 0 bridgehead atoms. The maximum absolute atomic E-state index is 14.4. The maximum atomic E-state index is 14.4. The van der Waals surface area contributed by atoms with Crippen molar-refractivity contribution in [3.8, 4) is 11.1 Å². The van der Waals surface area contributed by atoms with E-state index in [4.69, 9.17) is 4.42 Å². The first-order valence-electron chi connectivity index (χ1n) is 8.75. The lowest BCUT2D eigenvalue weighted by Crippen LogP contribution is -2.37. The molecule has 0 aliphatic heterocycles. The van der Waals surface area contributed by atoms with Gasteiger partial charge in [-0.15, -0.1) is 0 Å². The van der Waals surface area contributed by atoms with Gasteiger partial charge in [0.05, 0.1) is 18.0 Å². The lowest BCUT2D eigenvalue weighted by molar-refractivity contribution is 0.233. The van der Waals surface area contributed by atoms with Gasteiger partial charge < -0.3 is 15.1 Å². The van der Waals surface area contributed by atoms with Gasteiger partial charge in [-0.1, -0.05) is 30.3 Å². The minimum Gasteiger partial charge on any atom is -0.468 e. The summed E-state index contributed by atoms with van der Waals surface area (Å²) in [4.78, 5) is 14.3. The number of nitrogens with zero attached hydrogens (tertiary/aromatic N) is 1. The van der Waals surface area contributed by atoms with E-state index in [-0.39, 0.29) is 23.8 Å². The number of benzene rings is 2. The minimum absolute atomic E-state index is 0.0792. The van der Waals surface area contributed by atoms with Crippen molar-refractivity contribution in [3.63, 3.8) is 0 Å². The molecule has 7 heteroatoms. The molecule has 1 heterocycles. The molecule has 1 atom stereocenters. The third-order valence-electron chi connectivity index (χ3n) is 4.33. The molecule has 0 fully saturated rings. The lowest BCUT2D eigenvalue weighted by atomic mass is 10.0. The fourth-order valence-corrected chi connectivity index (χ4v) is 2.91. The van der Waals surface area contributed by atoms with E-state index in [2.05, 4.69) is 10.6 Å². The zero-order valence-corrected chi connectivity index (χ0v) is 15.6. The molecule has 0 saturated heterocycles. The monoisotopic (exact) mass is 385 g/mol. The molecule has 0 saturated carbocycles. The van der Waals surface area contributed by atoms with Crippen LogP contribution in [0.15, 0.2) is 65.3 Å². The average Bonchev–Trinajstić information content (AvgIpc) is 3.18. The number of urea groups is 1. The van der Waals surface area contributed by atoms with Gasteiger partial charge in [-0.05, 0) is 37.9 Å². The highest BCUT2D eigenvalue weighted by Gasteiger charge is 2.19. The molecular weight excluding hydrogens is 364 g/mol. The summed E-state index contributed by atoms with van der Waals surface area (Å²) in [5.74, 6) is -0.861. The number of likely N-dealkylation sites (N-methyl/N-ethyl adjacent to an activating group) is 1. The van der Waals surface area contributed by atoms with Crippen molar-refractivity contribution < 1.29 is 18.0 Å². The number of furan rings is 1. The number of hydrogen-bond donors (Lipinski definition) is 2. The molecule has 2 N–H and O–H groups in total. The number of carbonyl (C=O) groups excluding carboxylic acids is 1. The van der Waals surface area contributed by atoms with Crippen molar-refractivity contribution in [1.82, 2.24) is 10.2 Å². The van der Waals surface area contributed by atoms with E-state index >= 15 is 0 Å². The first-order chi connectivity index (χ1) is 13.5. The Hall–Kier alpha value is -3.19. The minimum atomic E-state index is -0.843. The number of rotatable bonds is 6. The second kappa shape index (κ2) is 8.67. The van der Waals surface area contributed by atoms with Crippen LogP contribution in [-0.2, 0) is 0 Å². The Bertz CT molecular complexity index is 928. The van der Waals surface area contributed by atoms with Crippen LogP contribution < -0.4 is 10.6 Å². The second-order valence-electron chi connectivity index (χ2n) is 6.51. The first-order valence-corrected chi connectivity index (χ1v) is 8.75. The van der Waals surface area contributed by atoms with Gasteiger partial charge in [-0.2, -0.15) is 0 Å². The van der Waals surface area contributed by atoms with Crippen molar-refractivity contribution in [2.75, 3.05) is 26.0 Å². The molecule has 3 aromatic rings. The van der Waals surface area contributed by atoms with Gasteiger partial charge in [-0.25, -0.2) is 13.6 Å². The molecule has 1 aromatic heterocycles. The summed E-state index contributed by atoms with van der Waals surface area (Å²) >= 11 is 0. The molecule has 0 aliphatic carbocycles. The van der Waals surface area contributed by atoms with E-state index in [1.807, 2.05) is 25.1 Å². The SMILES string of the molecule is CN(C)[C@@H](CNC(=O)Nc1c(F)cc(F)cc1-c1ccccc1)c1ccco1. The number of nitrogens with one attached hydrogen (secondary N) is 2. The van der Waals surface area contributed by atoms with Crippen LogP contribution in [0.2, 0.25) is 0 Å². The zero-order valence-electron chi connectivity index (χ0n) is 15.6. The molecule has 3 rings (SSSR count). The molecule has 28 heavy (non-hydrogen) atoms. The highest BCUT2D eigenvalue weighted by Crippen LogP contribution is 2.31. The van der Waals surface area contributed by atoms with Crippen LogP contribution in [0.3, 0.4) is 0 Å². The summed E-state index contributed by atoms with van der Waals surface area (Å²) in [5.41, 5.74) is 0.783. The van der Waals surface area contributed by atoms with Gasteiger partial charge >= 0.3 is 6.03 Å². The average molecular weight is 385 g/mol. The van der Waals surface area contributed by atoms with Crippen molar-refractivity contribution in [2.45, 2.75) is 6.04 Å². The van der Waals surface area contributed by atoms with Crippen LogP contribution in [-0.4, -0.2) is 31.6 Å². The Morgan fingerprint density at radius 1 is 1.11 bits per heavy atom. The summed E-state index contributed by atoms with van der Waals surface area (Å²) < 4.78 is 33.5. The third kappa shape index (κ3) is 4.55. The molecule has 0 aliphatic rings. The fourth-order valence-electron chi connectivity index (χ4n) is 2.91. The Morgan fingerprint density at radius 3 is 2.50 bits per heavy atom. The van der Waals surface area contributed by atoms with Crippen molar-refractivity contribution in [2.24, 2.45) is 0 Å². The Kier molecular flexibility index (Phi) is 6.06. The molecule has 0 unspecified atom stereocenters. The first kappa shape index (κ1) is 19.6. The molecule has 5 nitrogen and oxygen atoms in total. The number of hydrogen-bond acceptors (Lipinski definition) is 3. The highest BCUT2D eigenvalue weighted by atomic mass is 19.1. The molecule has 2 amide bonds. The van der Waals surface area contributed by atoms with Crippen LogP contribution in [0.1, 0.15) is 11.8 Å². The normalized spacial score (nSPS) is 12.0. The summed E-state index contributed by atoms with van der Waals surface area (Å²) in [5, 5.41) is 5.21. The van der Waals surface area contributed by atoms with E-state index < -0.39 is 17.7 Å². The van der Waals surface area contributed by atoms with Gasteiger partial charge in [-0.3, -0.25) is 4.90 Å². The van der Waals surface area contributed by atoms with Gasteiger partial charge in [0.2, 0.25) is 0 Å². The van der Waals surface area contributed by atoms with Crippen molar-refractivity contribution >= 4 is 11.7 Å². The number of carbonyl (C=O) groups is 1. The van der Waals surface area contributed by atoms with Crippen LogP contribution in [0.25, 0.3) is 11.1 Å². The van der Waals surface area contributed by atoms with Crippen LogP contribution in [0.5, 0.6) is 0 Å². The number of anilines is 1. The van der Waals surface area contributed by atoms with Gasteiger partial charge in [0, 0.05) is 18.2 Å². The molecular formula is C21H21F2N3O2. The van der Waals surface area contributed by atoms with Crippen LogP contribution >= 0.6 is 0 Å². The Morgan fingerprint density at radius 2 is 1.86 bits per heavy atom. The Balaban J connectivity index is 1.77. The van der Waals surface area contributed by atoms with Crippen molar-refractivity contribution in [3.05, 3.63) is 78.3 Å². The predicted octanol–water partition coefficient (Wildman–Crippen LogP) is 4.65. The van der Waals surface area contributed by atoms with E-state index in [1.165, 1.54) is 6.07 Å². The zero-order chi connectivity index (χ0) is 20.1. The van der Waals surface area contributed by atoms with Gasteiger partial charge in [0.15, 0.2) is 0 Å². The number of halogens is 2. The van der Waals surface area contributed by atoms with E-state index in [1.54, 1.807) is 42.7 Å². The largest absolute Gasteiger partial charge is 0.468 e. The number of amides is 2. The summed E-state index contributed by atoms with van der Waals surface area (Å²) in [7, 11) is 3.72. The molecule has 0 spiro atoms. The van der Waals surface area contributed by atoms with Crippen LogP contribution in [0.4, 0.5) is 19.3 Å². The topological polar surface area (TPSA) is 57.5 Å². The quantitative estimate of drug-likeness (QED) is 0.649. The summed E-state index contributed by atoms with van der Waals surface area (Å²) in [6, 6.07) is 13.5. The lowest BCUT2D eigenvalue weighted by Gasteiger charge is -2.23. The van der Waals surface area contributed by atoms with E-state index in [0.717, 1.165) is 6.07 Å².